The second-order valence-electron chi connectivity index (χ2n) is 5.32. The van der Waals surface area contributed by atoms with Crippen molar-refractivity contribution in [1.29, 1.82) is 0 Å². The van der Waals surface area contributed by atoms with Gasteiger partial charge in [0.15, 0.2) is 11.4 Å². The third-order valence-corrected chi connectivity index (χ3v) is 3.59. The van der Waals surface area contributed by atoms with E-state index in [0.717, 1.165) is 0 Å². The zero-order chi connectivity index (χ0) is 15.9. The Morgan fingerprint density at radius 1 is 1.41 bits per heavy atom. The number of ketones is 1. The highest BCUT2D eigenvalue weighted by molar-refractivity contribution is 5.86. The van der Waals surface area contributed by atoms with Gasteiger partial charge in [0, 0.05) is 32.3 Å². The smallest absolute Gasteiger partial charge is 0.356 e. The first-order valence-corrected chi connectivity index (χ1v) is 6.87. The van der Waals surface area contributed by atoms with Crippen LogP contribution >= 0.6 is 0 Å². The van der Waals surface area contributed by atoms with E-state index in [2.05, 4.69) is 9.97 Å². The van der Waals surface area contributed by atoms with Crippen molar-refractivity contribution in [1.82, 2.24) is 14.4 Å². The zero-order valence-corrected chi connectivity index (χ0v) is 12.3. The number of aliphatic hydroxyl groups is 1. The number of pyridine rings is 1. The molecule has 0 radical (unpaired) electrons. The summed E-state index contributed by atoms with van der Waals surface area (Å²) in [5.41, 5.74) is 0.593. The Morgan fingerprint density at radius 2 is 2.18 bits per heavy atom. The first kappa shape index (κ1) is 14.6. The number of Topliss-reactive ketones (excluding diaryl/α,β-unsaturated/α-hetero) is 1. The Labute approximate surface area is 126 Å². The molecular weight excluding hydrogens is 288 g/mol. The van der Waals surface area contributed by atoms with Gasteiger partial charge in [-0.25, -0.2) is 4.79 Å². The van der Waals surface area contributed by atoms with Gasteiger partial charge in [0.05, 0.1) is 12.7 Å². The van der Waals surface area contributed by atoms with Crippen LogP contribution in [0.5, 0.6) is 0 Å². The van der Waals surface area contributed by atoms with Gasteiger partial charge in [-0.05, 0) is 6.07 Å². The van der Waals surface area contributed by atoms with Gasteiger partial charge in [-0.3, -0.25) is 9.20 Å². The van der Waals surface area contributed by atoms with E-state index < -0.39 is 17.9 Å². The summed E-state index contributed by atoms with van der Waals surface area (Å²) in [6.45, 7) is -0.349. The van der Waals surface area contributed by atoms with Crippen molar-refractivity contribution in [2.75, 3.05) is 25.6 Å². The van der Waals surface area contributed by atoms with Crippen LogP contribution in [0.3, 0.4) is 0 Å². The van der Waals surface area contributed by atoms with Crippen LogP contribution in [0.15, 0.2) is 23.1 Å². The van der Waals surface area contributed by atoms with Crippen molar-refractivity contribution in [2.24, 2.45) is 0 Å². The zero-order valence-electron chi connectivity index (χ0n) is 12.3. The average molecular weight is 304 g/mol. The summed E-state index contributed by atoms with van der Waals surface area (Å²) in [6, 6.07) is 3.45. The molecule has 3 heterocycles. The SMILES string of the molecule is CN(C)c1nc(=O)n2cccc([C@H]3CC(=O)[C@@H](CO)O3)c2n1. The third-order valence-electron chi connectivity index (χ3n) is 3.59. The number of fused-ring (bicyclic) bond motifs is 1. The van der Waals surface area contributed by atoms with Gasteiger partial charge < -0.3 is 14.7 Å². The standard InChI is InChI=1S/C14H16N4O4/c1-17(2)13-15-12-8(4-3-5-18(12)14(21)16-13)10-6-9(20)11(7-19)22-10/h3-5,10-11,19H,6-7H2,1-2H3/t10-,11-/m1/s1. The lowest BCUT2D eigenvalue weighted by molar-refractivity contribution is -0.124. The van der Waals surface area contributed by atoms with Crippen LogP contribution in [0, 0.1) is 0 Å². The number of carbonyl (C=O) groups excluding carboxylic acids is 1. The Kier molecular flexibility index (Phi) is 3.63. The fourth-order valence-corrected chi connectivity index (χ4v) is 2.46. The van der Waals surface area contributed by atoms with E-state index >= 15 is 0 Å². The Morgan fingerprint density at radius 3 is 2.82 bits per heavy atom. The number of ether oxygens (including phenoxy) is 1. The molecule has 8 heteroatoms. The number of nitrogens with zero attached hydrogens (tertiary/aromatic N) is 4. The van der Waals surface area contributed by atoms with Gasteiger partial charge in [0.1, 0.15) is 6.10 Å². The molecular formula is C14H16N4O4. The van der Waals surface area contributed by atoms with Gasteiger partial charge in [0.2, 0.25) is 5.95 Å². The van der Waals surface area contributed by atoms with Crippen LogP contribution in [-0.2, 0) is 9.53 Å². The molecule has 0 bridgehead atoms. The number of aromatic nitrogens is 3. The molecule has 0 aromatic carbocycles. The molecule has 3 rings (SSSR count). The second-order valence-corrected chi connectivity index (χ2v) is 5.32. The molecule has 2 aromatic heterocycles. The maximum atomic E-state index is 12.1. The Balaban J connectivity index is 2.14. The highest BCUT2D eigenvalue weighted by Crippen LogP contribution is 2.32. The molecule has 0 spiro atoms. The van der Waals surface area contributed by atoms with Crippen molar-refractivity contribution in [3.8, 4) is 0 Å². The Hall–Kier alpha value is -2.32. The van der Waals surface area contributed by atoms with Gasteiger partial charge in [-0.15, -0.1) is 0 Å². The molecule has 1 N–H and O–H groups in total. The lowest BCUT2D eigenvalue weighted by Gasteiger charge is -2.15. The molecule has 8 nitrogen and oxygen atoms in total. The summed E-state index contributed by atoms with van der Waals surface area (Å²) in [5, 5.41) is 9.14. The lowest BCUT2D eigenvalue weighted by atomic mass is 10.1. The predicted molar refractivity (Wildman–Crippen MR) is 77.9 cm³/mol. The quantitative estimate of drug-likeness (QED) is 0.820. The van der Waals surface area contributed by atoms with Crippen LogP contribution in [0.4, 0.5) is 5.95 Å². The number of rotatable bonds is 3. The van der Waals surface area contributed by atoms with Crippen LogP contribution in [0.25, 0.3) is 5.65 Å². The minimum Gasteiger partial charge on any atom is -0.393 e. The van der Waals surface area contributed by atoms with Crippen LogP contribution in [0.1, 0.15) is 18.1 Å². The number of hydrogen-bond donors (Lipinski definition) is 1. The number of carbonyl (C=O) groups is 1. The van der Waals surface area contributed by atoms with E-state index in [4.69, 9.17) is 9.84 Å². The minimum atomic E-state index is -0.813. The molecule has 2 atom stereocenters. The van der Waals surface area contributed by atoms with Crippen LogP contribution in [-0.4, -0.2) is 52.1 Å². The van der Waals surface area contributed by atoms with Crippen molar-refractivity contribution in [3.63, 3.8) is 0 Å². The molecule has 0 saturated carbocycles. The first-order valence-electron chi connectivity index (χ1n) is 6.87. The van der Waals surface area contributed by atoms with Gasteiger partial charge in [0.25, 0.3) is 0 Å². The second kappa shape index (κ2) is 5.47. The van der Waals surface area contributed by atoms with E-state index in [0.29, 0.717) is 17.2 Å². The highest BCUT2D eigenvalue weighted by Gasteiger charge is 2.35. The number of aliphatic hydroxyl groups excluding tert-OH is 1. The van der Waals surface area contributed by atoms with Crippen LogP contribution in [0.2, 0.25) is 0 Å². The molecule has 22 heavy (non-hydrogen) atoms. The summed E-state index contributed by atoms with van der Waals surface area (Å²) < 4.78 is 6.89. The Bertz CT molecular complexity index is 786. The fraction of sp³-hybridized carbons (Fsp3) is 0.429. The minimum absolute atomic E-state index is 0.153. The summed E-state index contributed by atoms with van der Waals surface area (Å²) in [6.07, 6.45) is 0.388. The number of hydrogen-bond acceptors (Lipinski definition) is 7. The van der Waals surface area contributed by atoms with E-state index in [9.17, 15) is 9.59 Å². The molecule has 0 amide bonds. The molecule has 0 unspecified atom stereocenters. The van der Waals surface area contributed by atoms with Crippen molar-refractivity contribution in [3.05, 3.63) is 34.4 Å². The van der Waals surface area contributed by atoms with Crippen LogP contribution < -0.4 is 10.6 Å². The molecule has 1 saturated heterocycles. The first-order chi connectivity index (χ1) is 10.5. The molecule has 1 aliphatic heterocycles. The molecule has 0 aliphatic carbocycles. The molecule has 116 valence electrons. The fourth-order valence-electron chi connectivity index (χ4n) is 2.46. The number of anilines is 1. The predicted octanol–water partition coefficient (Wildman–Crippen LogP) is -0.453. The van der Waals surface area contributed by atoms with Gasteiger partial charge in [-0.2, -0.15) is 9.97 Å². The summed E-state index contributed by atoms with van der Waals surface area (Å²) in [5.74, 6) is 0.138. The van der Waals surface area contributed by atoms with E-state index in [1.165, 1.54) is 4.40 Å². The van der Waals surface area contributed by atoms with Crippen molar-refractivity contribution in [2.45, 2.75) is 18.6 Å². The lowest BCUT2D eigenvalue weighted by Crippen LogP contribution is -2.25. The van der Waals surface area contributed by atoms with E-state index in [1.807, 2.05) is 0 Å². The topological polar surface area (TPSA) is 97.0 Å². The maximum absolute atomic E-state index is 12.1. The van der Waals surface area contributed by atoms with Gasteiger partial charge >= 0.3 is 5.69 Å². The van der Waals surface area contributed by atoms with Crippen molar-refractivity contribution >= 4 is 17.4 Å². The maximum Gasteiger partial charge on any atom is 0.356 e. The summed E-state index contributed by atoms with van der Waals surface area (Å²) in [4.78, 5) is 33.8. The van der Waals surface area contributed by atoms with Crippen molar-refractivity contribution < 1.29 is 14.6 Å². The normalized spacial score (nSPS) is 21.5. The monoisotopic (exact) mass is 304 g/mol. The highest BCUT2D eigenvalue weighted by atomic mass is 16.5. The van der Waals surface area contributed by atoms with E-state index in [-0.39, 0.29) is 18.8 Å². The third kappa shape index (κ3) is 2.36. The van der Waals surface area contributed by atoms with E-state index in [1.54, 1.807) is 37.3 Å². The average Bonchev–Trinajstić information content (AvgIpc) is 2.87. The molecule has 1 fully saturated rings. The summed E-state index contributed by atoms with van der Waals surface area (Å²) in [7, 11) is 3.48. The summed E-state index contributed by atoms with van der Waals surface area (Å²) >= 11 is 0. The van der Waals surface area contributed by atoms with Gasteiger partial charge in [-0.1, -0.05) is 6.07 Å². The molecule has 2 aromatic rings. The molecule has 1 aliphatic rings. The largest absolute Gasteiger partial charge is 0.393 e.